The summed E-state index contributed by atoms with van der Waals surface area (Å²) in [5, 5.41) is 11.2. The standard InChI is InChI=1S/C22H25NO6/c1-12(24)23-8-6-13-9-15(27-2)21(26)19-18(13)14(23)5-7-22(19)10-16(28-3)20(25)17(11-22)29-4/h9-11,14,26H,5-8H2,1-4H3/t14-/m0/s1. The molecule has 0 saturated heterocycles. The second-order valence-electron chi connectivity index (χ2n) is 7.69. The third-order valence-corrected chi connectivity index (χ3v) is 6.31. The lowest BCUT2D eigenvalue weighted by Gasteiger charge is -2.47. The molecule has 0 radical (unpaired) electrons. The molecule has 3 aliphatic rings. The highest BCUT2D eigenvalue weighted by Crippen LogP contribution is 2.56. The predicted molar refractivity (Wildman–Crippen MR) is 105 cm³/mol. The summed E-state index contributed by atoms with van der Waals surface area (Å²) in [4.78, 5) is 26.7. The van der Waals surface area contributed by atoms with E-state index in [-0.39, 0.29) is 35.0 Å². The largest absolute Gasteiger partial charge is 0.504 e. The van der Waals surface area contributed by atoms with E-state index in [9.17, 15) is 14.7 Å². The predicted octanol–water partition coefficient (Wildman–Crippen LogP) is 2.52. The minimum atomic E-state index is -0.788. The van der Waals surface area contributed by atoms with Crippen LogP contribution in [0, 0.1) is 0 Å². The maximum Gasteiger partial charge on any atom is 0.261 e. The first-order valence-electron chi connectivity index (χ1n) is 9.65. The number of ketones is 1. The quantitative estimate of drug-likeness (QED) is 0.841. The normalized spacial score (nSPS) is 21.9. The van der Waals surface area contributed by atoms with Crippen LogP contribution in [0.3, 0.4) is 0 Å². The lowest BCUT2D eigenvalue weighted by molar-refractivity contribution is -0.132. The van der Waals surface area contributed by atoms with Gasteiger partial charge in [0.1, 0.15) is 0 Å². The number of hydrogen-bond acceptors (Lipinski definition) is 6. The maximum absolute atomic E-state index is 12.5. The molecule has 154 valence electrons. The van der Waals surface area contributed by atoms with Crippen molar-refractivity contribution >= 4 is 11.7 Å². The molecule has 7 nitrogen and oxygen atoms in total. The van der Waals surface area contributed by atoms with Crippen molar-refractivity contribution in [1.82, 2.24) is 4.90 Å². The van der Waals surface area contributed by atoms with Crippen LogP contribution in [-0.4, -0.2) is 49.6 Å². The van der Waals surface area contributed by atoms with Gasteiger partial charge in [0.2, 0.25) is 5.91 Å². The highest BCUT2D eigenvalue weighted by Gasteiger charge is 2.48. The van der Waals surface area contributed by atoms with Crippen molar-refractivity contribution in [2.75, 3.05) is 27.9 Å². The van der Waals surface area contributed by atoms with Gasteiger partial charge in [0.25, 0.3) is 5.78 Å². The van der Waals surface area contributed by atoms with Gasteiger partial charge in [-0.25, -0.2) is 0 Å². The molecule has 1 aliphatic heterocycles. The Morgan fingerprint density at radius 3 is 2.38 bits per heavy atom. The molecule has 0 bridgehead atoms. The molecule has 1 heterocycles. The molecule has 0 fully saturated rings. The van der Waals surface area contributed by atoms with Crippen molar-refractivity contribution in [3.8, 4) is 11.5 Å². The van der Waals surface area contributed by atoms with E-state index >= 15 is 0 Å². The first-order chi connectivity index (χ1) is 13.9. The average molecular weight is 399 g/mol. The van der Waals surface area contributed by atoms with E-state index < -0.39 is 5.41 Å². The van der Waals surface area contributed by atoms with E-state index in [4.69, 9.17) is 14.2 Å². The Bertz CT molecular complexity index is 937. The average Bonchev–Trinajstić information content (AvgIpc) is 2.72. The lowest BCUT2D eigenvalue weighted by atomic mass is 9.63. The smallest absolute Gasteiger partial charge is 0.261 e. The van der Waals surface area contributed by atoms with Gasteiger partial charge in [0.05, 0.1) is 27.4 Å². The zero-order valence-electron chi connectivity index (χ0n) is 17.1. The first-order valence-corrected chi connectivity index (χ1v) is 9.65. The Morgan fingerprint density at radius 1 is 1.17 bits per heavy atom. The summed E-state index contributed by atoms with van der Waals surface area (Å²) in [6.07, 6.45) is 5.47. The van der Waals surface area contributed by atoms with Gasteiger partial charge < -0.3 is 24.2 Å². The van der Waals surface area contributed by atoms with Crippen LogP contribution in [0.5, 0.6) is 11.5 Å². The van der Waals surface area contributed by atoms with Crippen LogP contribution in [-0.2, 0) is 30.9 Å². The lowest BCUT2D eigenvalue weighted by Crippen LogP contribution is -2.44. The highest BCUT2D eigenvalue weighted by molar-refractivity contribution is 6.07. The zero-order valence-corrected chi connectivity index (χ0v) is 17.1. The van der Waals surface area contributed by atoms with Crippen LogP contribution < -0.4 is 4.74 Å². The van der Waals surface area contributed by atoms with Gasteiger partial charge in [-0.05, 0) is 48.6 Å². The molecule has 4 rings (SSSR count). The van der Waals surface area contributed by atoms with Gasteiger partial charge in [-0.2, -0.15) is 0 Å². The van der Waals surface area contributed by atoms with Crippen LogP contribution in [0.2, 0.25) is 0 Å². The van der Waals surface area contributed by atoms with Gasteiger partial charge in [-0.3, -0.25) is 9.59 Å². The fourth-order valence-electron chi connectivity index (χ4n) is 5.01. The Kier molecular flexibility index (Phi) is 4.56. The number of phenols is 1. The summed E-state index contributed by atoms with van der Waals surface area (Å²) >= 11 is 0. The maximum atomic E-state index is 12.5. The number of ether oxygens (including phenoxy) is 3. The van der Waals surface area contributed by atoms with Gasteiger partial charge in [-0.1, -0.05) is 0 Å². The third-order valence-electron chi connectivity index (χ3n) is 6.31. The van der Waals surface area contributed by atoms with E-state index in [0.717, 1.165) is 11.1 Å². The van der Waals surface area contributed by atoms with Crippen LogP contribution in [0.15, 0.2) is 29.7 Å². The number of aromatic hydroxyl groups is 1. The molecule has 1 aromatic carbocycles. The van der Waals surface area contributed by atoms with Gasteiger partial charge in [0, 0.05) is 24.4 Å². The Balaban J connectivity index is 2.03. The molecule has 0 unspecified atom stereocenters. The topological polar surface area (TPSA) is 85.3 Å². The van der Waals surface area contributed by atoms with Crippen molar-refractivity contribution in [3.63, 3.8) is 0 Å². The molecule has 7 heteroatoms. The number of rotatable bonds is 3. The fraction of sp³-hybridized carbons (Fsp3) is 0.455. The number of hydrogen-bond donors (Lipinski definition) is 1. The molecule has 1 spiro atoms. The summed E-state index contributed by atoms with van der Waals surface area (Å²) < 4.78 is 16.1. The summed E-state index contributed by atoms with van der Waals surface area (Å²) in [6, 6.07) is 1.73. The minimum Gasteiger partial charge on any atom is -0.504 e. The number of benzene rings is 1. The molecule has 0 aromatic heterocycles. The van der Waals surface area contributed by atoms with Crippen LogP contribution in [0.1, 0.15) is 42.5 Å². The van der Waals surface area contributed by atoms with Gasteiger partial charge in [-0.15, -0.1) is 0 Å². The van der Waals surface area contributed by atoms with E-state index in [2.05, 4.69) is 0 Å². The molecule has 1 atom stereocenters. The molecule has 1 aromatic rings. The third kappa shape index (κ3) is 2.71. The summed E-state index contributed by atoms with van der Waals surface area (Å²) in [6.45, 7) is 2.20. The number of fused-ring (bicyclic) bond motifs is 1. The fourth-order valence-corrected chi connectivity index (χ4v) is 5.01. The Hall–Kier alpha value is -2.96. The Labute approximate surface area is 169 Å². The number of nitrogens with zero attached hydrogens (tertiary/aromatic N) is 1. The number of Topliss-reactive ketones (excluding diaryl/α,β-unsaturated/α-hetero) is 1. The summed E-state index contributed by atoms with van der Waals surface area (Å²) in [7, 11) is 4.41. The second kappa shape index (κ2) is 6.83. The number of methoxy groups -OCH3 is 3. The summed E-state index contributed by atoms with van der Waals surface area (Å²) in [5.41, 5.74) is 1.85. The monoisotopic (exact) mass is 399 g/mol. The number of carbonyl (C=O) groups is 2. The van der Waals surface area contributed by atoms with Gasteiger partial charge in [0.15, 0.2) is 23.0 Å². The van der Waals surface area contributed by atoms with Crippen molar-refractivity contribution in [2.45, 2.75) is 37.6 Å². The molecule has 1 amide bonds. The molecule has 1 N–H and O–H groups in total. The van der Waals surface area contributed by atoms with Crippen molar-refractivity contribution < 1.29 is 28.9 Å². The van der Waals surface area contributed by atoms with Gasteiger partial charge >= 0.3 is 0 Å². The van der Waals surface area contributed by atoms with E-state index in [1.807, 2.05) is 11.0 Å². The molecular weight excluding hydrogens is 374 g/mol. The molecule has 2 aliphatic carbocycles. The number of allylic oxidation sites excluding steroid dienone is 2. The number of phenolic OH excluding ortho intramolecular Hbond substituents is 1. The van der Waals surface area contributed by atoms with Crippen molar-refractivity contribution in [3.05, 3.63) is 46.4 Å². The molecule has 29 heavy (non-hydrogen) atoms. The second-order valence-corrected chi connectivity index (χ2v) is 7.69. The SMILES string of the molecule is COC1=CC2(C=C(OC)C1=O)CC[C@H]1c3c(cc(OC)c(O)c32)CCN1C(C)=O. The molecule has 0 saturated carbocycles. The Morgan fingerprint density at radius 2 is 1.83 bits per heavy atom. The van der Waals surface area contributed by atoms with Crippen molar-refractivity contribution in [1.29, 1.82) is 0 Å². The zero-order chi connectivity index (χ0) is 20.9. The number of carbonyl (C=O) groups excluding carboxylic acids is 2. The van der Waals surface area contributed by atoms with Crippen molar-refractivity contribution in [2.24, 2.45) is 0 Å². The minimum absolute atomic E-state index is 0.0120. The highest BCUT2D eigenvalue weighted by atomic mass is 16.5. The van der Waals surface area contributed by atoms with E-state index in [1.54, 1.807) is 19.1 Å². The first kappa shape index (κ1) is 19.4. The molecular formula is C22H25NO6. The van der Waals surface area contributed by atoms with Crippen LogP contribution in [0.25, 0.3) is 0 Å². The van der Waals surface area contributed by atoms with E-state index in [0.29, 0.717) is 37.1 Å². The summed E-state index contributed by atoms with van der Waals surface area (Å²) in [5.74, 6) is 0.444. The van der Waals surface area contributed by atoms with Crippen LogP contribution >= 0.6 is 0 Å². The van der Waals surface area contributed by atoms with E-state index in [1.165, 1.54) is 21.3 Å². The van der Waals surface area contributed by atoms with Crippen LogP contribution in [0.4, 0.5) is 0 Å². The number of amides is 1.